The highest BCUT2D eigenvalue weighted by molar-refractivity contribution is 7.21. The summed E-state index contributed by atoms with van der Waals surface area (Å²) in [6.45, 7) is 5.84. The number of aryl methyl sites for hydroxylation is 2. The van der Waals surface area contributed by atoms with E-state index in [9.17, 15) is 9.59 Å². The maximum absolute atomic E-state index is 12.2. The minimum absolute atomic E-state index is 0.208. The quantitative estimate of drug-likeness (QED) is 0.754. The van der Waals surface area contributed by atoms with Crippen LogP contribution in [0.5, 0.6) is 0 Å². The first kappa shape index (κ1) is 16.2. The number of hydrogen-bond donors (Lipinski definition) is 3. The van der Waals surface area contributed by atoms with Crippen LogP contribution in [0.2, 0.25) is 0 Å². The predicted octanol–water partition coefficient (Wildman–Crippen LogP) is 2.45. The first-order valence-electron chi connectivity index (χ1n) is 7.19. The van der Waals surface area contributed by atoms with E-state index in [-0.39, 0.29) is 5.91 Å². The van der Waals surface area contributed by atoms with Crippen LogP contribution in [0.1, 0.15) is 47.1 Å². The third-order valence-electron chi connectivity index (χ3n) is 3.30. The number of rotatable bonds is 4. The Morgan fingerprint density at radius 3 is 2.73 bits per heavy atom. The van der Waals surface area contributed by atoms with Gasteiger partial charge in [0.2, 0.25) is 5.91 Å². The van der Waals surface area contributed by atoms with E-state index in [4.69, 9.17) is 5.73 Å². The number of pyridine rings is 1. The van der Waals surface area contributed by atoms with Crippen molar-refractivity contribution in [2.45, 2.75) is 40.0 Å². The number of fused-ring (bicyclic) bond motifs is 1. The van der Waals surface area contributed by atoms with Gasteiger partial charge in [-0.1, -0.05) is 13.3 Å². The Morgan fingerprint density at radius 2 is 2.05 bits per heavy atom. The summed E-state index contributed by atoms with van der Waals surface area (Å²) < 4.78 is 0. The number of nitrogens with two attached hydrogens (primary N) is 1. The number of nitrogens with zero attached hydrogens (tertiary/aromatic N) is 1. The second kappa shape index (κ2) is 6.74. The SMILES string of the molecule is CCCCC(=O)NNC(=O)c1sc2nc(C)cc(C)c2c1N. The minimum atomic E-state index is -0.414. The minimum Gasteiger partial charge on any atom is -0.397 e. The third kappa shape index (κ3) is 3.36. The topological polar surface area (TPSA) is 97.1 Å². The number of anilines is 1. The number of carbonyl (C=O) groups is 2. The van der Waals surface area contributed by atoms with Crippen LogP contribution in [-0.4, -0.2) is 16.8 Å². The van der Waals surface area contributed by atoms with Gasteiger partial charge in [0.15, 0.2) is 0 Å². The van der Waals surface area contributed by atoms with Gasteiger partial charge in [0, 0.05) is 17.5 Å². The Labute approximate surface area is 133 Å². The molecule has 6 nitrogen and oxygen atoms in total. The molecule has 0 atom stereocenters. The van der Waals surface area contributed by atoms with E-state index in [0.717, 1.165) is 34.3 Å². The molecule has 0 unspecified atom stereocenters. The zero-order chi connectivity index (χ0) is 16.3. The van der Waals surface area contributed by atoms with Crippen molar-refractivity contribution in [2.24, 2.45) is 0 Å². The molecule has 0 fully saturated rings. The summed E-state index contributed by atoms with van der Waals surface area (Å²) in [4.78, 5) is 29.2. The van der Waals surface area contributed by atoms with Crippen LogP contribution in [0.15, 0.2) is 6.07 Å². The highest BCUT2D eigenvalue weighted by atomic mass is 32.1. The van der Waals surface area contributed by atoms with Gasteiger partial charge < -0.3 is 5.73 Å². The van der Waals surface area contributed by atoms with Crippen LogP contribution < -0.4 is 16.6 Å². The molecule has 22 heavy (non-hydrogen) atoms. The van der Waals surface area contributed by atoms with Gasteiger partial charge in [-0.15, -0.1) is 11.3 Å². The molecule has 0 aliphatic heterocycles. The molecule has 0 bridgehead atoms. The number of thiophene rings is 1. The fourth-order valence-corrected chi connectivity index (χ4v) is 3.33. The molecule has 2 amide bonds. The molecular weight excluding hydrogens is 300 g/mol. The molecule has 0 radical (unpaired) electrons. The van der Waals surface area contributed by atoms with Crippen molar-refractivity contribution in [2.75, 3.05) is 5.73 Å². The molecular formula is C15H20N4O2S. The molecule has 0 saturated carbocycles. The Bertz CT molecular complexity index is 724. The van der Waals surface area contributed by atoms with Crippen LogP contribution in [0.3, 0.4) is 0 Å². The molecule has 0 saturated heterocycles. The van der Waals surface area contributed by atoms with Crippen LogP contribution in [0.4, 0.5) is 5.69 Å². The summed E-state index contributed by atoms with van der Waals surface area (Å²) in [5.41, 5.74) is 13.2. The summed E-state index contributed by atoms with van der Waals surface area (Å²) in [6, 6.07) is 1.93. The second-order valence-corrected chi connectivity index (χ2v) is 6.21. The van der Waals surface area contributed by atoms with Crippen molar-refractivity contribution in [3.8, 4) is 0 Å². The van der Waals surface area contributed by atoms with Gasteiger partial charge in [0.05, 0.1) is 5.69 Å². The zero-order valence-corrected chi connectivity index (χ0v) is 13.8. The molecule has 0 aliphatic carbocycles. The van der Waals surface area contributed by atoms with Gasteiger partial charge in [0.25, 0.3) is 5.91 Å². The van der Waals surface area contributed by atoms with Crippen molar-refractivity contribution in [3.63, 3.8) is 0 Å². The molecule has 2 heterocycles. The molecule has 2 rings (SSSR count). The lowest BCUT2D eigenvalue weighted by molar-refractivity contribution is -0.121. The molecule has 0 aromatic carbocycles. The molecule has 0 aliphatic rings. The lowest BCUT2D eigenvalue weighted by Gasteiger charge is -2.06. The lowest BCUT2D eigenvalue weighted by Crippen LogP contribution is -2.41. The fourth-order valence-electron chi connectivity index (χ4n) is 2.22. The van der Waals surface area contributed by atoms with Crippen molar-refractivity contribution in [3.05, 3.63) is 22.2 Å². The summed E-state index contributed by atoms with van der Waals surface area (Å²) in [7, 11) is 0. The largest absolute Gasteiger partial charge is 0.397 e. The van der Waals surface area contributed by atoms with Crippen molar-refractivity contribution in [1.29, 1.82) is 0 Å². The van der Waals surface area contributed by atoms with E-state index < -0.39 is 5.91 Å². The lowest BCUT2D eigenvalue weighted by atomic mass is 10.1. The van der Waals surface area contributed by atoms with Crippen molar-refractivity contribution in [1.82, 2.24) is 15.8 Å². The van der Waals surface area contributed by atoms with Crippen LogP contribution in [0, 0.1) is 13.8 Å². The average Bonchev–Trinajstić information content (AvgIpc) is 2.79. The number of nitrogens with one attached hydrogen (secondary N) is 2. The number of aromatic nitrogens is 1. The van der Waals surface area contributed by atoms with Gasteiger partial charge in [0.1, 0.15) is 9.71 Å². The Balaban J connectivity index is 2.17. The first-order valence-corrected chi connectivity index (χ1v) is 8.01. The van der Waals surface area contributed by atoms with Crippen LogP contribution in [0.25, 0.3) is 10.2 Å². The number of unbranched alkanes of at least 4 members (excludes halogenated alkanes) is 1. The standard InChI is InChI=1S/C15H20N4O2S/c1-4-5-6-10(20)18-19-14(21)13-12(16)11-8(2)7-9(3)17-15(11)22-13/h7H,4-6,16H2,1-3H3,(H,18,20)(H,19,21). The molecule has 7 heteroatoms. The Kier molecular flexibility index (Phi) is 4.97. The van der Waals surface area contributed by atoms with Crippen LogP contribution in [-0.2, 0) is 4.79 Å². The van der Waals surface area contributed by atoms with Gasteiger partial charge in [-0.25, -0.2) is 4.98 Å². The van der Waals surface area contributed by atoms with Crippen molar-refractivity contribution < 1.29 is 9.59 Å². The maximum Gasteiger partial charge on any atom is 0.281 e. The molecule has 2 aromatic rings. The highest BCUT2D eigenvalue weighted by Crippen LogP contribution is 2.34. The van der Waals surface area contributed by atoms with Crippen LogP contribution >= 0.6 is 11.3 Å². The molecule has 0 spiro atoms. The fraction of sp³-hybridized carbons (Fsp3) is 0.400. The second-order valence-electron chi connectivity index (χ2n) is 5.21. The Hall–Kier alpha value is -2.15. The average molecular weight is 320 g/mol. The van der Waals surface area contributed by atoms with E-state index in [1.54, 1.807) is 0 Å². The molecule has 118 valence electrons. The molecule has 2 aromatic heterocycles. The number of amides is 2. The van der Waals surface area contributed by atoms with E-state index in [1.165, 1.54) is 11.3 Å². The van der Waals surface area contributed by atoms with Gasteiger partial charge in [-0.05, 0) is 31.9 Å². The van der Waals surface area contributed by atoms with Gasteiger partial charge in [-0.2, -0.15) is 0 Å². The number of nitrogen functional groups attached to an aromatic ring is 1. The van der Waals surface area contributed by atoms with E-state index >= 15 is 0 Å². The highest BCUT2D eigenvalue weighted by Gasteiger charge is 2.19. The number of carbonyl (C=O) groups excluding carboxylic acids is 2. The first-order chi connectivity index (χ1) is 10.4. The number of hydrogen-bond acceptors (Lipinski definition) is 5. The van der Waals surface area contributed by atoms with E-state index in [2.05, 4.69) is 15.8 Å². The summed E-state index contributed by atoms with van der Waals surface area (Å²) in [6.07, 6.45) is 2.10. The predicted molar refractivity (Wildman–Crippen MR) is 88.6 cm³/mol. The smallest absolute Gasteiger partial charge is 0.281 e. The van der Waals surface area contributed by atoms with Crippen molar-refractivity contribution >= 4 is 39.1 Å². The van der Waals surface area contributed by atoms with E-state index in [1.807, 2.05) is 26.8 Å². The Morgan fingerprint density at radius 1 is 1.32 bits per heavy atom. The van der Waals surface area contributed by atoms with E-state index in [0.29, 0.717) is 17.0 Å². The summed E-state index contributed by atoms with van der Waals surface area (Å²) >= 11 is 1.23. The summed E-state index contributed by atoms with van der Waals surface area (Å²) in [5, 5.41) is 0.804. The monoisotopic (exact) mass is 320 g/mol. The normalized spacial score (nSPS) is 10.7. The van der Waals surface area contributed by atoms with Gasteiger partial charge in [-0.3, -0.25) is 20.4 Å². The van der Waals surface area contributed by atoms with Gasteiger partial charge >= 0.3 is 0 Å². The maximum atomic E-state index is 12.2. The zero-order valence-electron chi connectivity index (χ0n) is 12.9. The summed E-state index contributed by atoms with van der Waals surface area (Å²) in [5.74, 6) is -0.623. The third-order valence-corrected chi connectivity index (χ3v) is 4.40. The molecule has 4 N–H and O–H groups in total. The number of hydrazine groups is 1.